The van der Waals surface area contributed by atoms with Crippen LogP contribution in [-0.2, 0) is 0 Å². The lowest BCUT2D eigenvalue weighted by Gasteiger charge is -2.27. The summed E-state index contributed by atoms with van der Waals surface area (Å²) in [5.41, 5.74) is 3.35. The number of hydrogen-bond donors (Lipinski definition) is 0. The highest BCUT2D eigenvalue weighted by molar-refractivity contribution is 7.39. The van der Waals surface area contributed by atoms with E-state index in [4.69, 9.17) is 16.8 Å². The molecule has 0 aliphatic rings. The molecule has 0 fully saturated rings. The van der Waals surface area contributed by atoms with Crippen molar-refractivity contribution in [2.45, 2.75) is 39.8 Å². The Morgan fingerprint density at radius 1 is 0.357 bits per heavy atom. The smallest absolute Gasteiger partial charge is 0.309 e. The van der Waals surface area contributed by atoms with Crippen LogP contribution in [0.1, 0.15) is 27.7 Å². The molecule has 8 heteroatoms. The van der Waals surface area contributed by atoms with Crippen molar-refractivity contribution in [2.24, 2.45) is 0 Å². The molecule has 10 aromatic rings. The monoisotopic (exact) mass is 772 g/mol. The Balaban J connectivity index is 1.14. The second-order valence-corrected chi connectivity index (χ2v) is 17.7. The molecule has 0 unspecified atom stereocenters. The Hall–Kier alpha value is -5.48. The normalized spacial score (nSPS) is 12.4. The molecule has 0 bridgehead atoms. The lowest BCUT2D eigenvalue weighted by molar-refractivity contribution is 0.575. The second-order valence-electron chi connectivity index (χ2n) is 15.0. The van der Waals surface area contributed by atoms with Crippen LogP contribution >= 0.6 is 16.3 Å². The van der Waals surface area contributed by atoms with E-state index in [9.17, 15) is 0 Å². The molecule has 8 aromatic carbocycles. The predicted octanol–water partition coefficient (Wildman–Crippen LogP) is 14.9. The highest BCUT2D eigenvalue weighted by Gasteiger charge is 2.25. The van der Waals surface area contributed by atoms with Crippen molar-refractivity contribution in [3.8, 4) is 0 Å². The summed E-state index contributed by atoms with van der Waals surface area (Å²) in [6.07, 6.45) is 0. The molecule has 0 saturated carbocycles. The predicted molar refractivity (Wildman–Crippen MR) is 239 cm³/mol. The first kappa shape index (κ1) is 35.0. The molecular weight excluding hydrogens is 730 g/mol. The quantitative estimate of drug-likeness (QED) is 0.161. The average molecular weight is 773 g/mol. The van der Waals surface area contributed by atoms with E-state index in [1.807, 2.05) is 0 Å². The molecule has 2 heterocycles. The summed E-state index contributed by atoms with van der Waals surface area (Å²) in [6.45, 7) is 10.2. The molecule has 0 saturated heterocycles. The van der Waals surface area contributed by atoms with Crippen LogP contribution in [0.3, 0.4) is 0 Å². The molecule has 0 aliphatic heterocycles. The summed E-state index contributed by atoms with van der Waals surface area (Å²) in [7, 11) is -3.10. The third-order valence-electron chi connectivity index (χ3n) is 10.9. The standard InChI is InChI=1S/C48H42N2O4P2/c1-31(2)49(55-51-41-25-21-33-13-5-9-17-37(33)45(41)46-38-18-10-6-14-34(38)22-26-42(46)52-55)29-30-50(32(3)4)56-53-43-27-23-35-15-7-11-19-39(35)47(43)48-40-20-12-8-16-36(40)24-28-44(48)54-56/h5-28,31-32H,29-30H2,1-4H3. The molecule has 56 heavy (non-hydrogen) atoms. The summed E-state index contributed by atoms with van der Waals surface area (Å²) in [6, 6.07) is 51.5. The first-order valence-electron chi connectivity index (χ1n) is 19.4. The molecule has 0 radical (unpaired) electrons. The minimum absolute atomic E-state index is 0.129. The van der Waals surface area contributed by atoms with E-state index in [-0.39, 0.29) is 12.1 Å². The van der Waals surface area contributed by atoms with Gasteiger partial charge in [-0.25, -0.2) is 0 Å². The summed E-state index contributed by atoms with van der Waals surface area (Å²) in [4.78, 5) is 0. The van der Waals surface area contributed by atoms with E-state index in [0.717, 1.165) is 65.4 Å². The van der Waals surface area contributed by atoms with Crippen molar-refractivity contribution in [1.29, 1.82) is 0 Å². The first-order valence-corrected chi connectivity index (χ1v) is 21.6. The Kier molecular flexibility index (Phi) is 8.88. The van der Waals surface area contributed by atoms with Crippen molar-refractivity contribution in [2.75, 3.05) is 22.4 Å². The Bertz CT molecular complexity index is 2790. The van der Waals surface area contributed by atoms with Crippen LogP contribution in [0.15, 0.2) is 162 Å². The van der Waals surface area contributed by atoms with Gasteiger partial charge in [-0.15, -0.1) is 0 Å². The zero-order valence-electron chi connectivity index (χ0n) is 31.8. The van der Waals surface area contributed by atoms with Crippen molar-refractivity contribution < 1.29 is 16.8 Å². The van der Waals surface area contributed by atoms with E-state index in [2.05, 4.69) is 183 Å². The zero-order valence-corrected chi connectivity index (χ0v) is 33.6. The molecule has 278 valence electrons. The fraction of sp³-hybridized carbons (Fsp3) is 0.167. The van der Waals surface area contributed by atoms with Crippen LogP contribution in [0.25, 0.3) is 87.0 Å². The average Bonchev–Trinajstić information content (AvgIpc) is 3.50. The van der Waals surface area contributed by atoms with Crippen molar-refractivity contribution >= 4 is 103 Å². The van der Waals surface area contributed by atoms with Crippen LogP contribution in [0.5, 0.6) is 0 Å². The van der Waals surface area contributed by atoms with E-state index in [1.54, 1.807) is 0 Å². The van der Waals surface area contributed by atoms with Crippen molar-refractivity contribution in [1.82, 2.24) is 0 Å². The summed E-state index contributed by atoms with van der Waals surface area (Å²) in [5, 5.41) is 13.6. The van der Waals surface area contributed by atoms with Crippen LogP contribution < -0.4 is 9.34 Å². The molecule has 0 aliphatic carbocycles. The van der Waals surface area contributed by atoms with Crippen LogP contribution in [0.2, 0.25) is 0 Å². The first-order chi connectivity index (χ1) is 27.4. The SMILES string of the molecule is CC(C)N(CCN(C(C)C)p1oc2ccc3ccccc3c2c2c(ccc3ccccc32)o1)p1oc2ccc3ccccc3c2c2c(ccc3ccccc32)o1. The van der Waals surface area contributed by atoms with Crippen LogP contribution in [0, 0.1) is 0 Å². The molecular formula is C48H42N2O4P2. The summed E-state index contributed by atoms with van der Waals surface area (Å²) in [5.74, 6) is 0. The van der Waals surface area contributed by atoms with Crippen LogP contribution in [-0.4, -0.2) is 25.2 Å². The van der Waals surface area contributed by atoms with E-state index >= 15 is 0 Å². The number of benzene rings is 8. The van der Waals surface area contributed by atoms with Gasteiger partial charge < -0.3 is 16.8 Å². The highest BCUT2D eigenvalue weighted by Crippen LogP contribution is 2.45. The van der Waals surface area contributed by atoms with Gasteiger partial charge in [0.25, 0.3) is 0 Å². The Morgan fingerprint density at radius 3 is 0.857 bits per heavy atom. The minimum atomic E-state index is -1.55. The van der Waals surface area contributed by atoms with Gasteiger partial charge in [0, 0.05) is 46.7 Å². The zero-order chi connectivity index (χ0) is 37.9. The molecule has 0 N–H and O–H groups in total. The maximum atomic E-state index is 7.05. The molecule has 6 nitrogen and oxygen atoms in total. The third kappa shape index (κ3) is 5.97. The number of rotatable bonds is 7. The fourth-order valence-corrected chi connectivity index (χ4v) is 11.2. The third-order valence-corrected chi connectivity index (χ3v) is 14.5. The second kappa shape index (κ2) is 14.2. The fourth-order valence-electron chi connectivity index (χ4n) is 8.19. The van der Waals surface area contributed by atoms with Gasteiger partial charge in [0.05, 0.1) is 0 Å². The number of fused-ring (bicyclic) bond motifs is 14. The number of hydrogen-bond acceptors (Lipinski definition) is 6. The maximum Gasteiger partial charge on any atom is 0.309 e. The highest BCUT2D eigenvalue weighted by atomic mass is 31.1. The van der Waals surface area contributed by atoms with Crippen LogP contribution in [0.4, 0.5) is 0 Å². The van der Waals surface area contributed by atoms with Gasteiger partial charge >= 0.3 is 16.3 Å². The summed E-state index contributed by atoms with van der Waals surface area (Å²) < 4.78 is 32.9. The topological polar surface area (TPSA) is 59.0 Å². The largest absolute Gasteiger partial charge is 0.408 e. The van der Waals surface area contributed by atoms with Gasteiger partial charge in [-0.3, -0.25) is 0 Å². The molecule has 0 amide bonds. The minimum Gasteiger partial charge on any atom is -0.408 e. The van der Waals surface area contributed by atoms with E-state index in [1.165, 1.54) is 21.5 Å². The summed E-state index contributed by atoms with van der Waals surface area (Å²) >= 11 is 0. The molecule has 0 atom stereocenters. The van der Waals surface area contributed by atoms with E-state index in [0.29, 0.717) is 13.1 Å². The molecule has 10 rings (SSSR count). The van der Waals surface area contributed by atoms with Gasteiger partial charge in [0.2, 0.25) is 0 Å². The maximum absolute atomic E-state index is 7.05. The van der Waals surface area contributed by atoms with Gasteiger partial charge in [-0.2, -0.15) is 9.34 Å². The van der Waals surface area contributed by atoms with Crippen molar-refractivity contribution in [3.63, 3.8) is 0 Å². The molecule has 0 spiro atoms. The Morgan fingerprint density at radius 2 is 0.607 bits per heavy atom. The van der Waals surface area contributed by atoms with Gasteiger partial charge in [0.1, 0.15) is 22.3 Å². The van der Waals surface area contributed by atoms with E-state index < -0.39 is 16.3 Å². The Labute approximate surface area is 326 Å². The lowest BCUT2D eigenvalue weighted by atomic mass is 9.99. The lowest BCUT2D eigenvalue weighted by Crippen LogP contribution is -2.39. The molecule has 2 aromatic heterocycles. The van der Waals surface area contributed by atoms with Crippen molar-refractivity contribution in [3.05, 3.63) is 146 Å². The van der Waals surface area contributed by atoms with Gasteiger partial charge in [0.15, 0.2) is 0 Å². The van der Waals surface area contributed by atoms with Gasteiger partial charge in [-0.1, -0.05) is 121 Å². The van der Waals surface area contributed by atoms with Gasteiger partial charge in [-0.05, 0) is 95.1 Å². The number of nitrogens with zero attached hydrogens (tertiary/aromatic N) is 2.